The zero-order valence-electron chi connectivity index (χ0n) is 11.7. The number of allylic oxidation sites excluding steroid dienone is 1. The monoisotopic (exact) mass is 290 g/mol. The summed E-state index contributed by atoms with van der Waals surface area (Å²) in [6, 6.07) is 7.37. The molecule has 1 aromatic carbocycles. The Balaban J connectivity index is 2.16. The maximum absolute atomic E-state index is 12.8. The molecule has 2 aromatic rings. The molecule has 2 rings (SSSR count). The van der Waals surface area contributed by atoms with Crippen LogP contribution in [0.5, 0.6) is 11.6 Å². The molecule has 0 fully saturated rings. The molecule has 0 saturated carbocycles. The molecule has 0 atom stereocenters. The second-order valence-electron chi connectivity index (χ2n) is 4.20. The Morgan fingerprint density at radius 3 is 2.57 bits per heavy atom. The van der Waals surface area contributed by atoms with Crippen molar-refractivity contribution >= 4 is 6.08 Å². The van der Waals surface area contributed by atoms with Crippen molar-refractivity contribution in [2.45, 2.75) is 6.54 Å². The molecule has 0 saturated heterocycles. The molecule has 0 amide bonds. The molecule has 110 valence electrons. The summed E-state index contributed by atoms with van der Waals surface area (Å²) < 4.78 is 24.1. The molecule has 0 bridgehead atoms. The van der Waals surface area contributed by atoms with Gasteiger partial charge in [0.05, 0.1) is 26.8 Å². The van der Waals surface area contributed by atoms with Crippen LogP contribution in [0, 0.1) is 5.82 Å². The fourth-order valence-electron chi connectivity index (χ4n) is 1.74. The highest BCUT2D eigenvalue weighted by Gasteiger charge is 2.08. The molecule has 1 aromatic heterocycles. The van der Waals surface area contributed by atoms with Crippen LogP contribution in [-0.4, -0.2) is 24.0 Å². The number of ether oxygens (including phenoxy) is 2. The minimum absolute atomic E-state index is 0.243. The highest BCUT2D eigenvalue weighted by Crippen LogP contribution is 2.20. The smallest absolute Gasteiger partial charge is 0.274 e. The number of aromatic nitrogens is 2. The average Bonchev–Trinajstić information content (AvgIpc) is 2.50. The number of benzene rings is 1. The third kappa shape index (κ3) is 3.68. The van der Waals surface area contributed by atoms with E-state index in [1.54, 1.807) is 24.3 Å². The van der Waals surface area contributed by atoms with Crippen molar-refractivity contribution < 1.29 is 13.9 Å². The van der Waals surface area contributed by atoms with Gasteiger partial charge < -0.3 is 9.47 Å². The second-order valence-corrected chi connectivity index (χ2v) is 4.20. The molecule has 0 aliphatic heterocycles. The summed E-state index contributed by atoms with van der Waals surface area (Å²) in [5.74, 6) is 0.249. The minimum atomic E-state index is -0.295. The van der Waals surface area contributed by atoms with Crippen molar-refractivity contribution in [3.63, 3.8) is 0 Å². The molecule has 6 heteroatoms. The maximum Gasteiger partial charge on any atom is 0.274 e. The molecule has 0 aliphatic carbocycles. The van der Waals surface area contributed by atoms with Gasteiger partial charge in [0, 0.05) is 0 Å². The summed E-state index contributed by atoms with van der Waals surface area (Å²) in [4.78, 5) is 11.8. The third-order valence-corrected chi connectivity index (χ3v) is 2.80. The predicted octanol–water partition coefficient (Wildman–Crippen LogP) is 2.11. The Bertz CT molecular complexity index is 693. The molecule has 21 heavy (non-hydrogen) atoms. The van der Waals surface area contributed by atoms with Crippen LogP contribution in [0.2, 0.25) is 0 Å². The normalized spacial score (nSPS) is 10.8. The lowest BCUT2D eigenvalue weighted by Gasteiger charge is -2.08. The van der Waals surface area contributed by atoms with Gasteiger partial charge in [-0.2, -0.15) is 0 Å². The summed E-state index contributed by atoms with van der Waals surface area (Å²) in [5.41, 5.74) is 0.543. The number of hydrogen-bond acceptors (Lipinski definition) is 4. The number of hydrogen-bond donors (Lipinski definition) is 0. The first-order chi connectivity index (χ1) is 10.1. The number of halogens is 1. The van der Waals surface area contributed by atoms with Crippen molar-refractivity contribution in [2.24, 2.45) is 0 Å². The largest absolute Gasteiger partial charge is 0.491 e. The van der Waals surface area contributed by atoms with E-state index in [1.807, 2.05) is 0 Å². The van der Waals surface area contributed by atoms with Crippen LogP contribution in [0.15, 0.2) is 41.2 Å². The van der Waals surface area contributed by atoms with Gasteiger partial charge in [0.2, 0.25) is 0 Å². The van der Waals surface area contributed by atoms with Crippen LogP contribution in [0.25, 0.3) is 6.08 Å². The van der Waals surface area contributed by atoms with E-state index < -0.39 is 0 Å². The van der Waals surface area contributed by atoms with E-state index in [4.69, 9.17) is 9.47 Å². The molecule has 0 N–H and O–H groups in total. The van der Waals surface area contributed by atoms with Gasteiger partial charge in [-0.05, 0) is 17.7 Å². The maximum atomic E-state index is 12.8. The summed E-state index contributed by atoms with van der Waals surface area (Å²) in [7, 11) is 2.89. The van der Waals surface area contributed by atoms with Crippen molar-refractivity contribution in [1.82, 2.24) is 9.78 Å². The lowest BCUT2D eigenvalue weighted by atomic mass is 10.2. The van der Waals surface area contributed by atoms with Crippen molar-refractivity contribution in [3.8, 4) is 11.6 Å². The Morgan fingerprint density at radius 2 is 1.95 bits per heavy atom. The molecule has 5 nitrogen and oxygen atoms in total. The first kappa shape index (κ1) is 14.8. The van der Waals surface area contributed by atoms with Crippen LogP contribution in [-0.2, 0) is 6.54 Å². The number of nitrogens with zero attached hydrogens (tertiary/aromatic N) is 2. The van der Waals surface area contributed by atoms with E-state index in [0.717, 1.165) is 5.56 Å². The van der Waals surface area contributed by atoms with Crippen LogP contribution in [0.1, 0.15) is 5.56 Å². The van der Waals surface area contributed by atoms with E-state index in [0.29, 0.717) is 5.75 Å². The van der Waals surface area contributed by atoms with E-state index in [1.165, 1.54) is 37.1 Å². The topological polar surface area (TPSA) is 53.4 Å². The van der Waals surface area contributed by atoms with Crippen LogP contribution in [0.3, 0.4) is 0 Å². The van der Waals surface area contributed by atoms with Gasteiger partial charge in [-0.1, -0.05) is 24.3 Å². The zero-order valence-corrected chi connectivity index (χ0v) is 11.7. The van der Waals surface area contributed by atoms with Gasteiger partial charge in [0.15, 0.2) is 5.75 Å². The Morgan fingerprint density at radius 1 is 1.24 bits per heavy atom. The highest BCUT2D eigenvalue weighted by atomic mass is 19.1. The van der Waals surface area contributed by atoms with Crippen LogP contribution in [0.4, 0.5) is 4.39 Å². The standard InChI is InChI=1S/C15H15FN2O3/c1-20-13-10-14(19)18(17-15(13)21-2)9-3-4-11-5-7-12(16)8-6-11/h3-8,10H,9H2,1-2H3/b4-3+. The van der Waals surface area contributed by atoms with Gasteiger partial charge in [-0.25, -0.2) is 9.07 Å². The summed E-state index contributed by atoms with van der Waals surface area (Å²) in [5, 5.41) is 4.05. The van der Waals surface area contributed by atoms with E-state index >= 15 is 0 Å². The number of rotatable bonds is 5. The quantitative estimate of drug-likeness (QED) is 0.846. The van der Waals surface area contributed by atoms with Crippen molar-refractivity contribution in [3.05, 3.63) is 58.1 Å². The lowest BCUT2D eigenvalue weighted by Crippen LogP contribution is -2.22. The van der Waals surface area contributed by atoms with Gasteiger partial charge in [0.1, 0.15) is 5.82 Å². The molecule has 0 unspecified atom stereocenters. The Hall–Kier alpha value is -2.63. The molecule has 1 heterocycles. The second kappa shape index (κ2) is 6.69. The van der Waals surface area contributed by atoms with E-state index in [2.05, 4.69) is 5.10 Å². The summed E-state index contributed by atoms with van der Waals surface area (Å²) >= 11 is 0. The Kier molecular flexibility index (Phi) is 4.71. The molecule has 0 spiro atoms. The lowest BCUT2D eigenvalue weighted by molar-refractivity contribution is 0.329. The van der Waals surface area contributed by atoms with Crippen molar-refractivity contribution in [2.75, 3.05) is 14.2 Å². The van der Waals surface area contributed by atoms with Crippen LogP contribution < -0.4 is 15.0 Å². The van der Waals surface area contributed by atoms with E-state index in [-0.39, 0.29) is 23.8 Å². The highest BCUT2D eigenvalue weighted by molar-refractivity contribution is 5.48. The molecular weight excluding hydrogens is 275 g/mol. The van der Waals surface area contributed by atoms with Crippen molar-refractivity contribution in [1.29, 1.82) is 0 Å². The molecule has 0 radical (unpaired) electrons. The summed E-state index contributed by atoms with van der Waals surface area (Å²) in [6.45, 7) is 0.274. The molecule has 0 aliphatic rings. The first-order valence-corrected chi connectivity index (χ1v) is 6.26. The first-order valence-electron chi connectivity index (χ1n) is 6.26. The van der Waals surface area contributed by atoms with Gasteiger partial charge >= 0.3 is 0 Å². The fourth-order valence-corrected chi connectivity index (χ4v) is 1.74. The minimum Gasteiger partial charge on any atom is -0.491 e. The van der Waals surface area contributed by atoms with Gasteiger partial charge in [-0.15, -0.1) is 5.10 Å². The SMILES string of the molecule is COc1cc(=O)n(C/C=C/c2ccc(F)cc2)nc1OC. The number of methoxy groups -OCH3 is 2. The van der Waals surface area contributed by atoms with Crippen LogP contribution >= 0.6 is 0 Å². The zero-order chi connectivity index (χ0) is 15.2. The van der Waals surface area contributed by atoms with E-state index in [9.17, 15) is 9.18 Å². The van der Waals surface area contributed by atoms with Gasteiger partial charge in [-0.3, -0.25) is 4.79 Å². The Labute approximate surface area is 121 Å². The average molecular weight is 290 g/mol. The predicted molar refractivity (Wildman–Crippen MR) is 77.0 cm³/mol. The summed E-state index contributed by atoms with van der Waals surface area (Å²) in [6.07, 6.45) is 3.54. The van der Waals surface area contributed by atoms with Gasteiger partial charge in [0.25, 0.3) is 11.4 Å². The third-order valence-electron chi connectivity index (χ3n) is 2.80. The fraction of sp³-hybridized carbons (Fsp3) is 0.200. The molecular formula is C15H15FN2O3.